The van der Waals surface area contributed by atoms with Gasteiger partial charge in [-0.3, -0.25) is 4.79 Å². The molecule has 2 aromatic heterocycles. The van der Waals surface area contributed by atoms with E-state index < -0.39 is 5.60 Å². The SMILES string of the molecule is CC(C)c1ccc(-c2nc3c4n2CCN(C(=O)c2ccc(Br)c5nc[nH]c25)C4CN(C(=O)OC(C)(C)C)CC3)cc1. The van der Waals surface area contributed by atoms with Crippen molar-refractivity contribution in [3.05, 3.63) is 69.7 Å². The van der Waals surface area contributed by atoms with Crippen molar-refractivity contribution < 1.29 is 14.3 Å². The molecule has 41 heavy (non-hydrogen) atoms. The average Bonchev–Trinajstić information content (AvgIpc) is 3.51. The highest BCUT2D eigenvalue weighted by molar-refractivity contribution is 9.10. The van der Waals surface area contributed by atoms with E-state index in [-0.39, 0.29) is 18.0 Å². The van der Waals surface area contributed by atoms with Crippen LogP contribution in [0.2, 0.25) is 0 Å². The van der Waals surface area contributed by atoms with Gasteiger partial charge in [0, 0.05) is 36.1 Å². The molecule has 1 atom stereocenters. The van der Waals surface area contributed by atoms with Crippen LogP contribution in [-0.4, -0.2) is 66.6 Å². The molecule has 214 valence electrons. The molecule has 2 aromatic carbocycles. The van der Waals surface area contributed by atoms with Gasteiger partial charge in [0.05, 0.1) is 41.4 Å². The molecule has 2 aliphatic rings. The van der Waals surface area contributed by atoms with Crippen molar-refractivity contribution in [1.82, 2.24) is 29.3 Å². The smallest absolute Gasteiger partial charge is 0.410 e. The molecule has 2 amide bonds. The highest BCUT2D eigenvalue weighted by Crippen LogP contribution is 2.38. The number of benzene rings is 2. The van der Waals surface area contributed by atoms with Crippen molar-refractivity contribution in [2.45, 2.75) is 65.1 Å². The molecule has 6 rings (SSSR count). The first-order valence-electron chi connectivity index (χ1n) is 14.1. The van der Waals surface area contributed by atoms with Gasteiger partial charge in [0.2, 0.25) is 0 Å². The number of aromatic nitrogens is 4. The zero-order valence-electron chi connectivity index (χ0n) is 24.1. The Morgan fingerprint density at radius 3 is 2.54 bits per heavy atom. The Balaban J connectivity index is 1.42. The third kappa shape index (κ3) is 5.03. The minimum Gasteiger partial charge on any atom is -0.444 e. The molecule has 0 aliphatic carbocycles. The number of carbonyl (C=O) groups is 2. The third-order valence-corrected chi connectivity index (χ3v) is 8.50. The summed E-state index contributed by atoms with van der Waals surface area (Å²) in [5, 5.41) is 0. The number of hydrogen-bond donors (Lipinski definition) is 1. The number of carbonyl (C=O) groups excluding carboxylic acids is 2. The molecule has 4 aromatic rings. The van der Waals surface area contributed by atoms with Gasteiger partial charge < -0.3 is 24.1 Å². The Morgan fingerprint density at radius 2 is 1.83 bits per heavy atom. The first kappa shape index (κ1) is 27.5. The molecule has 0 bridgehead atoms. The number of nitrogens with one attached hydrogen (secondary N) is 1. The largest absolute Gasteiger partial charge is 0.444 e. The molecule has 1 unspecified atom stereocenters. The van der Waals surface area contributed by atoms with E-state index in [1.807, 2.05) is 37.8 Å². The van der Waals surface area contributed by atoms with E-state index in [0.29, 0.717) is 55.1 Å². The number of halogens is 1. The number of amides is 2. The van der Waals surface area contributed by atoms with Crippen LogP contribution >= 0.6 is 15.9 Å². The van der Waals surface area contributed by atoms with E-state index >= 15 is 0 Å². The second kappa shape index (κ2) is 10.3. The Bertz CT molecular complexity index is 1630. The van der Waals surface area contributed by atoms with Crippen LogP contribution in [0.15, 0.2) is 47.2 Å². The Kier molecular flexibility index (Phi) is 6.92. The van der Waals surface area contributed by atoms with Gasteiger partial charge in [-0.2, -0.15) is 0 Å². The minimum atomic E-state index is -0.620. The fourth-order valence-electron chi connectivity index (χ4n) is 5.84. The lowest BCUT2D eigenvalue weighted by atomic mass is 10.0. The van der Waals surface area contributed by atoms with E-state index in [9.17, 15) is 9.59 Å². The molecule has 0 saturated carbocycles. The van der Waals surface area contributed by atoms with Crippen LogP contribution in [0.1, 0.15) is 73.9 Å². The van der Waals surface area contributed by atoms with Crippen LogP contribution in [0.5, 0.6) is 0 Å². The van der Waals surface area contributed by atoms with E-state index in [0.717, 1.165) is 27.2 Å². The number of imidazole rings is 2. The maximum atomic E-state index is 14.2. The van der Waals surface area contributed by atoms with Gasteiger partial charge in [0.25, 0.3) is 5.91 Å². The Labute approximate surface area is 248 Å². The Hall–Kier alpha value is -3.66. The average molecular weight is 620 g/mol. The van der Waals surface area contributed by atoms with Gasteiger partial charge >= 0.3 is 6.09 Å². The zero-order valence-corrected chi connectivity index (χ0v) is 25.7. The number of nitrogens with zero attached hydrogens (tertiary/aromatic N) is 5. The molecule has 4 heterocycles. The lowest BCUT2D eigenvalue weighted by molar-refractivity contribution is 0.0174. The van der Waals surface area contributed by atoms with Gasteiger partial charge in [-0.25, -0.2) is 14.8 Å². The first-order chi connectivity index (χ1) is 19.5. The number of hydrogen-bond acceptors (Lipinski definition) is 5. The highest BCUT2D eigenvalue weighted by atomic mass is 79.9. The molecular formula is C31H35BrN6O3. The van der Waals surface area contributed by atoms with Crippen molar-refractivity contribution in [2.75, 3.05) is 19.6 Å². The van der Waals surface area contributed by atoms with Crippen LogP contribution in [0.3, 0.4) is 0 Å². The second-order valence-electron chi connectivity index (χ2n) is 12.1. The van der Waals surface area contributed by atoms with Crippen LogP contribution in [0, 0.1) is 0 Å². The molecule has 0 saturated heterocycles. The quantitative estimate of drug-likeness (QED) is 0.290. The summed E-state index contributed by atoms with van der Waals surface area (Å²) in [5.74, 6) is 1.25. The van der Waals surface area contributed by atoms with Crippen molar-refractivity contribution in [3.63, 3.8) is 0 Å². The lowest BCUT2D eigenvalue weighted by Crippen LogP contribution is -2.48. The van der Waals surface area contributed by atoms with E-state index in [2.05, 4.69) is 68.6 Å². The van der Waals surface area contributed by atoms with Gasteiger partial charge in [-0.15, -0.1) is 0 Å². The topological polar surface area (TPSA) is 96.4 Å². The van der Waals surface area contributed by atoms with Crippen LogP contribution in [0.4, 0.5) is 4.79 Å². The summed E-state index contributed by atoms with van der Waals surface area (Å²) in [5.41, 5.74) is 5.58. The van der Waals surface area contributed by atoms with Gasteiger partial charge in [0.15, 0.2) is 0 Å². The predicted molar refractivity (Wildman–Crippen MR) is 161 cm³/mol. The zero-order chi connectivity index (χ0) is 29.1. The summed E-state index contributed by atoms with van der Waals surface area (Å²) in [6.07, 6.45) is 1.80. The Morgan fingerprint density at radius 1 is 1.07 bits per heavy atom. The van der Waals surface area contributed by atoms with E-state index in [1.165, 1.54) is 5.56 Å². The second-order valence-corrected chi connectivity index (χ2v) is 13.0. The monoisotopic (exact) mass is 618 g/mol. The van der Waals surface area contributed by atoms with Gasteiger partial charge in [-0.1, -0.05) is 38.1 Å². The summed E-state index contributed by atoms with van der Waals surface area (Å²) in [6.45, 7) is 11.9. The molecule has 0 fully saturated rings. The van der Waals surface area contributed by atoms with Gasteiger partial charge in [-0.05, 0) is 60.3 Å². The first-order valence-corrected chi connectivity index (χ1v) is 14.9. The third-order valence-electron chi connectivity index (χ3n) is 7.86. The number of H-pyrrole nitrogens is 1. The van der Waals surface area contributed by atoms with Crippen molar-refractivity contribution >= 4 is 39.0 Å². The maximum Gasteiger partial charge on any atom is 0.410 e. The summed E-state index contributed by atoms with van der Waals surface area (Å²) in [4.78, 5) is 43.8. The molecule has 10 heteroatoms. The molecule has 2 aliphatic heterocycles. The van der Waals surface area contributed by atoms with Gasteiger partial charge in [0.1, 0.15) is 16.9 Å². The predicted octanol–water partition coefficient (Wildman–Crippen LogP) is 6.30. The maximum absolute atomic E-state index is 14.2. The molecule has 0 radical (unpaired) electrons. The number of fused-ring (bicyclic) bond motifs is 1. The minimum absolute atomic E-state index is 0.107. The van der Waals surface area contributed by atoms with Crippen LogP contribution in [0.25, 0.3) is 22.4 Å². The highest BCUT2D eigenvalue weighted by Gasteiger charge is 2.41. The number of aromatic amines is 1. The number of ether oxygens (including phenoxy) is 1. The standard InChI is InChI=1S/C31H35BrN6O3/c1-18(2)19-6-8-20(9-7-19)28-35-23-12-13-36(30(40)41-31(3,4)5)16-24-27(23)38(28)15-14-37(24)29(39)21-10-11-22(32)26-25(21)33-17-34-26/h6-11,17-18,24H,12-16H2,1-5H3,(H,33,34). The summed E-state index contributed by atoms with van der Waals surface area (Å²) < 4.78 is 8.82. The van der Waals surface area contributed by atoms with E-state index in [4.69, 9.17) is 9.72 Å². The number of rotatable bonds is 3. The summed E-state index contributed by atoms with van der Waals surface area (Å²) in [7, 11) is 0. The molecule has 1 N–H and O–H groups in total. The fraction of sp³-hybridized carbons (Fsp3) is 0.419. The van der Waals surface area contributed by atoms with Crippen molar-refractivity contribution in [3.8, 4) is 11.4 Å². The fourth-order valence-corrected chi connectivity index (χ4v) is 6.27. The molecular weight excluding hydrogens is 584 g/mol. The normalized spacial score (nSPS) is 17.1. The summed E-state index contributed by atoms with van der Waals surface area (Å²) >= 11 is 3.54. The van der Waals surface area contributed by atoms with Crippen LogP contribution < -0.4 is 0 Å². The van der Waals surface area contributed by atoms with Crippen LogP contribution in [-0.2, 0) is 17.7 Å². The lowest BCUT2D eigenvalue weighted by Gasteiger charge is -2.39. The summed E-state index contributed by atoms with van der Waals surface area (Å²) in [6, 6.07) is 11.9. The van der Waals surface area contributed by atoms with E-state index in [1.54, 1.807) is 11.2 Å². The van der Waals surface area contributed by atoms with Crippen molar-refractivity contribution in [2.24, 2.45) is 0 Å². The molecule has 9 nitrogen and oxygen atoms in total. The van der Waals surface area contributed by atoms with Crippen molar-refractivity contribution in [1.29, 1.82) is 0 Å². The molecule has 0 spiro atoms.